The molecule has 1 unspecified atom stereocenters. The Hall–Kier alpha value is -4.45. The van der Waals surface area contributed by atoms with Gasteiger partial charge in [0, 0.05) is 12.1 Å². The Morgan fingerprint density at radius 1 is 1.09 bits per heavy atom. The Morgan fingerprint density at radius 2 is 1.81 bits per heavy atom. The topological polar surface area (TPSA) is 92.5 Å². The van der Waals surface area contributed by atoms with Crippen molar-refractivity contribution < 1.29 is 22.8 Å². The van der Waals surface area contributed by atoms with E-state index >= 15 is 0 Å². The van der Waals surface area contributed by atoms with E-state index in [2.05, 4.69) is 20.4 Å². The predicted molar refractivity (Wildman–Crippen MR) is 162 cm³/mol. The average Bonchev–Trinajstić information content (AvgIpc) is 3.63. The van der Waals surface area contributed by atoms with E-state index in [1.807, 2.05) is 63.2 Å². The molecule has 43 heavy (non-hydrogen) atoms. The molecule has 0 spiro atoms. The number of thioether (sulfide) groups is 1. The molecular weight excluding hydrogens is 577 g/mol. The van der Waals surface area contributed by atoms with E-state index in [1.54, 1.807) is 4.90 Å². The van der Waals surface area contributed by atoms with Gasteiger partial charge in [-0.05, 0) is 60.2 Å². The van der Waals surface area contributed by atoms with Crippen LogP contribution in [0.3, 0.4) is 0 Å². The number of alkyl halides is 3. The molecule has 0 saturated carbocycles. The van der Waals surface area contributed by atoms with E-state index in [0.29, 0.717) is 23.2 Å². The highest BCUT2D eigenvalue weighted by molar-refractivity contribution is 8.15. The number of aromatic nitrogens is 3. The zero-order valence-corrected chi connectivity index (χ0v) is 24.5. The molecule has 3 aromatic carbocycles. The van der Waals surface area contributed by atoms with Gasteiger partial charge in [-0.25, -0.2) is 14.5 Å². The summed E-state index contributed by atoms with van der Waals surface area (Å²) >= 11 is 1.25. The molecule has 4 aromatic rings. The second kappa shape index (κ2) is 12.4. The maximum absolute atomic E-state index is 12.9. The highest BCUT2D eigenvalue weighted by atomic mass is 32.2. The molecule has 222 valence electrons. The molecule has 1 fully saturated rings. The number of aliphatic imine (C=N–C) groups is 1. The molecule has 1 saturated heterocycles. The van der Waals surface area contributed by atoms with Crippen LogP contribution in [0.2, 0.25) is 0 Å². The number of halogens is 3. The summed E-state index contributed by atoms with van der Waals surface area (Å²) in [5.41, 5.74) is 4.20. The second-order valence-electron chi connectivity index (χ2n) is 10.1. The van der Waals surface area contributed by atoms with Crippen molar-refractivity contribution in [1.29, 1.82) is 0 Å². The number of carbonyl (C=O) groups excluding carboxylic acids is 2. The molecule has 12 heteroatoms. The number of anilines is 1. The lowest BCUT2D eigenvalue weighted by Gasteiger charge is -2.21. The van der Waals surface area contributed by atoms with Crippen molar-refractivity contribution in [3.8, 4) is 17.1 Å². The van der Waals surface area contributed by atoms with Crippen LogP contribution in [0.5, 0.6) is 0 Å². The standard InChI is InChI=1S/C31H29F3N6O2S/c1-4-21-7-5-6-19(2)27(21)40-26(41)17-43-30(40)37-29(42)35-16-20(3)22-8-10-23(11-9-22)28-36-18-39(38-28)25-14-12-24(13-15-25)31(32,33)34/h5-15,18,20H,4,16-17H2,1-3H3,(H,35,42). The van der Waals surface area contributed by atoms with Crippen molar-refractivity contribution in [3.05, 3.63) is 95.3 Å². The first-order valence-corrected chi connectivity index (χ1v) is 14.6. The first kappa shape index (κ1) is 30.0. The third-order valence-electron chi connectivity index (χ3n) is 7.14. The fraction of sp³-hybridized carbons (Fsp3) is 0.258. The minimum atomic E-state index is -4.40. The molecule has 2 heterocycles. The molecular formula is C31H29F3N6O2S. The molecule has 1 atom stereocenters. The molecule has 5 rings (SSSR count). The molecule has 1 aliphatic heterocycles. The van der Waals surface area contributed by atoms with Gasteiger partial charge in [0.2, 0.25) is 5.91 Å². The van der Waals surface area contributed by atoms with Crippen molar-refractivity contribution >= 4 is 34.6 Å². The summed E-state index contributed by atoms with van der Waals surface area (Å²) in [6, 6.07) is 17.6. The smallest absolute Gasteiger partial charge is 0.336 e. The third kappa shape index (κ3) is 6.64. The van der Waals surface area contributed by atoms with Crippen LogP contribution in [0, 0.1) is 6.92 Å². The van der Waals surface area contributed by atoms with Gasteiger partial charge < -0.3 is 5.32 Å². The molecule has 1 aromatic heterocycles. The maximum Gasteiger partial charge on any atom is 0.416 e. The number of amides is 3. The zero-order valence-electron chi connectivity index (χ0n) is 23.7. The van der Waals surface area contributed by atoms with E-state index in [9.17, 15) is 22.8 Å². The van der Waals surface area contributed by atoms with Crippen LogP contribution in [-0.4, -0.2) is 44.2 Å². The lowest BCUT2D eigenvalue weighted by atomic mass is 10.00. The predicted octanol–water partition coefficient (Wildman–Crippen LogP) is 6.77. The first-order valence-electron chi connectivity index (χ1n) is 13.7. The molecule has 3 amide bonds. The van der Waals surface area contributed by atoms with Crippen molar-refractivity contribution in [2.45, 2.75) is 39.3 Å². The molecule has 0 aliphatic carbocycles. The van der Waals surface area contributed by atoms with Gasteiger partial charge in [-0.15, -0.1) is 5.10 Å². The second-order valence-corrected chi connectivity index (χ2v) is 11.1. The number of nitrogens with zero attached hydrogens (tertiary/aromatic N) is 5. The fourth-order valence-corrected chi connectivity index (χ4v) is 5.61. The van der Waals surface area contributed by atoms with Crippen molar-refractivity contribution in [1.82, 2.24) is 20.1 Å². The van der Waals surface area contributed by atoms with Gasteiger partial charge in [0.15, 0.2) is 11.0 Å². The minimum Gasteiger partial charge on any atom is -0.336 e. The normalized spacial score (nSPS) is 15.3. The Bertz CT molecular complexity index is 1670. The highest BCUT2D eigenvalue weighted by Gasteiger charge is 2.33. The Labute approximate surface area is 251 Å². The summed E-state index contributed by atoms with van der Waals surface area (Å²) in [6.45, 7) is 6.27. The summed E-state index contributed by atoms with van der Waals surface area (Å²) in [4.78, 5) is 35.6. The average molecular weight is 607 g/mol. The summed E-state index contributed by atoms with van der Waals surface area (Å²) in [6.07, 6.45) is -2.21. The van der Waals surface area contributed by atoms with E-state index < -0.39 is 17.8 Å². The number of urea groups is 1. The summed E-state index contributed by atoms with van der Waals surface area (Å²) in [7, 11) is 0. The molecule has 1 N–H and O–H groups in total. The Kier molecular flexibility index (Phi) is 8.67. The number of carbonyl (C=O) groups is 2. The number of aryl methyl sites for hydroxylation is 2. The number of hydrogen-bond donors (Lipinski definition) is 1. The van der Waals surface area contributed by atoms with E-state index in [4.69, 9.17) is 0 Å². The molecule has 8 nitrogen and oxygen atoms in total. The lowest BCUT2D eigenvalue weighted by Crippen LogP contribution is -2.33. The minimum absolute atomic E-state index is 0.0344. The van der Waals surface area contributed by atoms with E-state index in [0.717, 1.165) is 46.5 Å². The van der Waals surface area contributed by atoms with Crippen LogP contribution in [0.25, 0.3) is 17.1 Å². The SMILES string of the molecule is CCc1cccc(C)c1N1C(=O)CSC1=NC(=O)NCC(C)c1ccc(-c2ncn(-c3ccc(C(F)(F)F)cc3)n2)cc1. The van der Waals surface area contributed by atoms with Gasteiger partial charge in [0.05, 0.1) is 22.7 Å². The number of para-hydroxylation sites is 1. The Balaban J connectivity index is 1.21. The van der Waals surface area contributed by atoms with Gasteiger partial charge in [-0.3, -0.25) is 9.69 Å². The van der Waals surface area contributed by atoms with Crippen LogP contribution in [0.1, 0.15) is 42.0 Å². The monoisotopic (exact) mass is 606 g/mol. The summed E-state index contributed by atoms with van der Waals surface area (Å²) < 4.78 is 40.0. The van der Waals surface area contributed by atoms with Crippen molar-refractivity contribution in [2.75, 3.05) is 17.2 Å². The Morgan fingerprint density at radius 3 is 2.49 bits per heavy atom. The van der Waals surface area contributed by atoms with Gasteiger partial charge in [-0.2, -0.15) is 18.2 Å². The number of nitrogens with one attached hydrogen (secondary N) is 1. The molecule has 0 radical (unpaired) electrons. The first-order chi connectivity index (χ1) is 20.5. The van der Waals surface area contributed by atoms with E-state index in [1.165, 1.54) is 34.9 Å². The maximum atomic E-state index is 12.9. The fourth-order valence-electron chi connectivity index (χ4n) is 4.76. The van der Waals surface area contributed by atoms with Gasteiger partial charge in [-0.1, -0.05) is 68.1 Å². The van der Waals surface area contributed by atoms with Crippen LogP contribution >= 0.6 is 11.8 Å². The van der Waals surface area contributed by atoms with Crippen LogP contribution in [-0.2, 0) is 17.4 Å². The number of amidine groups is 1. The highest BCUT2D eigenvalue weighted by Crippen LogP contribution is 2.33. The van der Waals surface area contributed by atoms with Crippen LogP contribution in [0.4, 0.5) is 23.7 Å². The third-order valence-corrected chi connectivity index (χ3v) is 8.06. The van der Waals surface area contributed by atoms with Crippen LogP contribution < -0.4 is 10.2 Å². The molecule has 1 aliphatic rings. The van der Waals surface area contributed by atoms with E-state index in [-0.39, 0.29) is 17.6 Å². The lowest BCUT2D eigenvalue weighted by molar-refractivity contribution is -0.137. The zero-order chi connectivity index (χ0) is 30.7. The van der Waals surface area contributed by atoms with Gasteiger partial charge in [0.25, 0.3) is 0 Å². The summed E-state index contributed by atoms with van der Waals surface area (Å²) in [5.74, 6) is 0.515. The van der Waals surface area contributed by atoms with Crippen LogP contribution in [0.15, 0.2) is 78.0 Å². The summed E-state index contributed by atoms with van der Waals surface area (Å²) in [5, 5.41) is 7.61. The number of rotatable bonds is 7. The largest absolute Gasteiger partial charge is 0.416 e. The molecule has 0 bridgehead atoms. The number of benzene rings is 3. The van der Waals surface area contributed by atoms with Gasteiger partial charge >= 0.3 is 12.2 Å². The van der Waals surface area contributed by atoms with Crippen molar-refractivity contribution in [3.63, 3.8) is 0 Å². The van der Waals surface area contributed by atoms with Crippen molar-refractivity contribution in [2.24, 2.45) is 4.99 Å². The van der Waals surface area contributed by atoms with Gasteiger partial charge in [0.1, 0.15) is 6.33 Å². The quantitative estimate of drug-likeness (QED) is 0.251. The number of hydrogen-bond acceptors (Lipinski definition) is 5.